The quantitative estimate of drug-likeness (QED) is 0.852. The Morgan fingerprint density at radius 3 is 2.75 bits per heavy atom. The summed E-state index contributed by atoms with van der Waals surface area (Å²) in [5, 5.41) is 2.99. The van der Waals surface area contributed by atoms with Gasteiger partial charge in [-0.05, 0) is 42.5 Å². The molecule has 3 rings (SSSR count). The van der Waals surface area contributed by atoms with Gasteiger partial charge in [-0.25, -0.2) is 4.98 Å². The first kappa shape index (κ1) is 12.8. The largest absolute Gasteiger partial charge is 0.349 e. The van der Waals surface area contributed by atoms with Crippen molar-refractivity contribution in [1.29, 1.82) is 0 Å². The highest BCUT2D eigenvalue weighted by Crippen LogP contribution is 2.21. The summed E-state index contributed by atoms with van der Waals surface area (Å²) in [7, 11) is 0. The summed E-state index contributed by atoms with van der Waals surface area (Å²) in [6, 6.07) is 11.1. The molecular formula is C16H15FN2O. The number of fused-ring (bicyclic) bond motifs is 1. The van der Waals surface area contributed by atoms with E-state index in [1.54, 1.807) is 0 Å². The third-order valence-electron chi connectivity index (χ3n) is 3.67. The Labute approximate surface area is 116 Å². The lowest BCUT2D eigenvalue weighted by atomic mass is 9.88. The highest BCUT2D eigenvalue weighted by molar-refractivity contribution is 5.94. The van der Waals surface area contributed by atoms with Crippen LogP contribution in [-0.2, 0) is 12.8 Å². The van der Waals surface area contributed by atoms with Gasteiger partial charge in [-0.15, -0.1) is 0 Å². The van der Waals surface area contributed by atoms with Crippen LogP contribution in [0.3, 0.4) is 0 Å². The van der Waals surface area contributed by atoms with E-state index in [0.29, 0.717) is 5.56 Å². The van der Waals surface area contributed by atoms with Crippen molar-refractivity contribution in [2.24, 2.45) is 0 Å². The summed E-state index contributed by atoms with van der Waals surface area (Å²) in [4.78, 5) is 15.6. The smallest absolute Gasteiger partial charge is 0.253 e. The van der Waals surface area contributed by atoms with Gasteiger partial charge in [0.05, 0.1) is 5.56 Å². The van der Waals surface area contributed by atoms with Crippen LogP contribution in [0.5, 0.6) is 0 Å². The molecule has 0 saturated carbocycles. The Hall–Kier alpha value is -2.23. The summed E-state index contributed by atoms with van der Waals surface area (Å²) >= 11 is 0. The number of amides is 1. The fourth-order valence-corrected chi connectivity index (χ4v) is 2.60. The number of carbonyl (C=O) groups is 1. The van der Waals surface area contributed by atoms with E-state index >= 15 is 0 Å². The molecule has 0 spiro atoms. The second-order valence-corrected chi connectivity index (χ2v) is 5.05. The summed E-state index contributed by atoms with van der Waals surface area (Å²) in [6.45, 7) is 0. The van der Waals surface area contributed by atoms with Crippen LogP contribution in [-0.4, -0.2) is 16.9 Å². The standard InChI is InChI=1S/C16H15FN2O/c17-15-8-6-13(10-18-15)16(20)19-14-7-5-11-3-1-2-4-12(11)9-14/h1-4,6,8,10,14H,5,7,9H2,(H,19,20). The predicted octanol–water partition coefficient (Wildman–Crippen LogP) is 2.51. The van der Waals surface area contributed by atoms with Crippen LogP contribution in [0.15, 0.2) is 42.6 Å². The van der Waals surface area contributed by atoms with Crippen LogP contribution >= 0.6 is 0 Å². The van der Waals surface area contributed by atoms with Crippen LogP contribution in [0, 0.1) is 5.95 Å². The molecule has 3 nitrogen and oxygen atoms in total. The van der Waals surface area contributed by atoms with E-state index in [4.69, 9.17) is 0 Å². The highest BCUT2D eigenvalue weighted by atomic mass is 19.1. The van der Waals surface area contributed by atoms with Crippen molar-refractivity contribution in [3.63, 3.8) is 0 Å². The minimum absolute atomic E-state index is 0.127. The average Bonchev–Trinajstić information content (AvgIpc) is 2.48. The van der Waals surface area contributed by atoms with Gasteiger partial charge < -0.3 is 5.32 Å². The first-order chi connectivity index (χ1) is 9.72. The number of hydrogen-bond donors (Lipinski definition) is 1. The first-order valence-corrected chi connectivity index (χ1v) is 6.71. The van der Waals surface area contributed by atoms with Crippen molar-refractivity contribution in [1.82, 2.24) is 10.3 Å². The molecule has 0 bridgehead atoms. The van der Waals surface area contributed by atoms with Crippen molar-refractivity contribution in [2.45, 2.75) is 25.3 Å². The Bertz CT molecular complexity index is 625. The molecule has 1 N–H and O–H groups in total. The molecule has 1 atom stereocenters. The maximum Gasteiger partial charge on any atom is 0.253 e. The molecule has 0 radical (unpaired) electrons. The number of aryl methyl sites for hydroxylation is 1. The van der Waals surface area contributed by atoms with Crippen molar-refractivity contribution >= 4 is 5.91 Å². The molecule has 102 valence electrons. The van der Waals surface area contributed by atoms with Crippen molar-refractivity contribution in [2.75, 3.05) is 0 Å². The lowest BCUT2D eigenvalue weighted by Crippen LogP contribution is -2.38. The molecule has 1 aromatic heterocycles. The Morgan fingerprint density at radius 2 is 2.00 bits per heavy atom. The number of pyridine rings is 1. The number of hydrogen-bond acceptors (Lipinski definition) is 2. The lowest BCUT2D eigenvalue weighted by Gasteiger charge is -2.25. The molecule has 1 heterocycles. The van der Waals surface area contributed by atoms with Crippen LogP contribution in [0.2, 0.25) is 0 Å². The zero-order chi connectivity index (χ0) is 13.9. The van der Waals surface area contributed by atoms with Crippen LogP contribution in [0.25, 0.3) is 0 Å². The number of aromatic nitrogens is 1. The minimum atomic E-state index is -0.576. The maximum atomic E-state index is 12.7. The predicted molar refractivity (Wildman–Crippen MR) is 73.9 cm³/mol. The number of rotatable bonds is 2. The van der Waals surface area contributed by atoms with Crippen LogP contribution in [0.1, 0.15) is 27.9 Å². The monoisotopic (exact) mass is 270 g/mol. The third-order valence-corrected chi connectivity index (χ3v) is 3.67. The van der Waals surface area contributed by atoms with Crippen molar-refractivity contribution < 1.29 is 9.18 Å². The van der Waals surface area contributed by atoms with Crippen LogP contribution in [0.4, 0.5) is 4.39 Å². The second kappa shape index (κ2) is 5.41. The zero-order valence-electron chi connectivity index (χ0n) is 11.0. The van der Waals surface area contributed by atoms with Gasteiger partial charge in [-0.2, -0.15) is 4.39 Å². The fraction of sp³-hybridized carbons (Fsp3) is 0.250. The van der Waals surface area contributed by atoms with Crippen molar-refractivity contribution in [3.8, 4) is 0 Å². The first-order valence-electron chi connectivity index (χ1n) is 6.71. The number of benzene rings is 1. The Morgan fingerprint density at radius 1 is 1.20 bits per heavy atom. The summed E-state index contributed by atoms with van der Waals surface area (Å²) in [5.41, 5.74) is 3.05. The van der Waals surface area contributed by atoms with E-state index in [2.05, 4.69) is 22.4 Å². The molecule has 20 heavy (non-hydrogen) atoms. The van der Waals surface area contributed by atoms with Gasteiger partial charge in [0.25, 0.3) is 5.91 Å². The van der Waals surface area contributed by atoms with Gasteiger partial charge in [0.15, 0.2) is 0 Å². The van der Waals surface area contributed by atoms with Gasteiger partial charge in [0.1, 0.15) is 0 Å². The fourth-order valence-electron chi connectivity index (χ4n) is 2.60. The van der Waals surface area contributed by atoms with Gasteiger partial charge in [-0.3, -0.25) is 4.79 Å². The normalized spacial score (nSPS) is 17.4. The van der Waals surface area contributed by atoms with Crippen LogP contribution < -0.4 is 5.32 Å². The molecule has 1 aliphatic carbocycles. The lowest BCUT2D eigenvalue weighted by molar-refractivity contribution is 0.0933. The van der Waals surface area contributed by atoms with E-state index in [-0.39, 0.29) is 11.9 Å². The molecule has 0 fully saturated rings. The Kier molecular flexibility index (Phi) is 3.46. The summed E-state index contributed by atoms with van der Waals surface area (Å²) < 4.78 is 12.7. The minimum Gasteiger partial charge on any atom is -0.349 e. The number of nitrogens with zero attached hydrogens (tertiary/aromatic N) is 1. The van der Waals surface area contributed by atoms with Gasteiger partial charge in [0, 0.05) is 12.2 Å². The summed E-state index contributed by atoms with van der Waals surface area (Å²) in [6.07, 6.45) is 4.01. The van der Waals surface area contributed by atoms with E-state index in [1.807, 2.05) is 12.1 Å². The van der Waals surface area contributed by atoms with E-state index in [9.17, 15) is 9.18 Å². The van der Waals surface area contributed by atoms with Gasteiger partial charge in [-0.1, -0.05) is 24.3 Å². The van der Waals surface area contributed by atoms with Gasteiger partial charge >= 0.3 is 0 Å². The van der Waals surface area contributed by atoms with E-state index < -0.39 is 5.95 Å². The van der Waals surface area contributed by atoms with E-state index in [1.165, 1.54) is 29.5 Å². The molecular weight excluding hydrogens is 255 g/mol. The molecule has 0 saturated heterocycles. The van der Waals surface area contributed by atoms with E-state index in [0.717, 1.165) is 19.3 Å². The highest BCUT2D eigenvalue weighted by Gasteiger charge is 2.20. The van der Waals surface area contributed by atoms with Gasteiger partial charge in [0.2, 0.25) is 5.95 Å². The zero-order valence-corrected chi connectivity index (χ0v) is 11.0. The molecule has 1 amide bonds. The molecule has 2 aromatic rings. The number of nitrogens with one attached hydrogen (secondary N) is 1. The molecule has 1 aromatic carbocycles. The molecule has 4 heteroatoms. The average molecular weight is 270 g/mol. The maximum absolute atomic E-state index is 12.7. The molecule has 0 aliphatic heterocycles. The third kappa shape index (κ3) is 2.69. The number of carbonyl (C=O) groups excluding carboxylic acids is 1. The van der Waals surface area contributed by atoms with Crippen molar-refractivity contribution in [3.05, 3.63) is 65.2 Å². The summed E-state index contributed by atoms with van der Waals surface area (Å²) in [5.74, 6) is -0.768. The Balaban J connectivity index is 1.67. The second-order valence-electron chi connectivity index (χ2n) is 5.05. The molecule has 1 aliphatic rings. The number of halogens is 1. The molecule has 1 unspecified atom stereocenters. The SMILES string of the molecule is O=C(NC1CCc2ccccc2C1)c1ccc(F)nc1. The topological polar surface area (TPSA) is 42.0 Å².